The molecule has 162 valence electrons. The van der Waals surface area contributed by atoms with Crippen LogP contribution in [0.5, 0.6) is 11.8 Å². The average molecular weight is 419 g/mol. The van der Waals surface area contributed by atoms with Crippen molar-refractivity contribution in [2.75, 3.05) is 59.9 Å². The van der Waals surface area contributed by atoms with E-state index >= 15 is 0 Å². The summed E-state index contributed by atoms with van der Waals surface area (Å²) in [6.07, 6.45) is -0.302. The molecule has 0 spiro atoms. The number of nitrogens with one attached hydrogen (secondary N) is 1. The van der Waals surface area contributed by atoms with Gasteiger partial charge in [-0.3, -0.25) is 14.5 Å². The first-order valence-corrected chi connectivity index (χ1v) is 9.48. The monoisotopic (exact) mass is 419 g/mol. The van der Waals surface area contributed by atoms with Gasteiger partial charge in [0.05, 0.1) is 13.0 Å². The van der Waals surface area contributed by atoms with Gasteiger partial charge >= 0.3 is 5.97 Å². The molecule has 0 saturated carbocycles. The van der Waals surface area contributed by atoms with E-state index in [1.54, 1.807) is 7.05 Å². The van der Waals surface area contributed by atoms with E-state index in [1.165, 1.54) is 17.0 Å². The third-order valence-corrected chi connectivity index (χ3v) is 4.69. The molecular formula is C18H29N5O6. The van der Waals surface area contributed by atoms with Crippen LogP contribution in [0.3, 0.4) is 0 Å². The molecule has 2 heterocycles. The topological polar surface area (TPSA) is 128 Å². The number of aromatic hydroxyl groups is 2. The van der Waals surface area contributed by atoms with Crippen molar-refractivity contribution in [3.05, 3.63) is 12.1 Å². The molecule has 1 aliphatic rings. The van der Waals surface area contributed by atoms with Gasteiger partial charge in [-0.1, -0.05) is 0 Å². The predicted molar refractivity (Wildman–Crippen MR) is 103 cm³/mol. The second kappa shape index (κ2) is 10.7. The summed E-state index contributed by atoms with van der Waals surface area (Å²) in [5.74, 6) is -1.98. The number of aromatic nitrogens is 1. The smallest absolute Gasteiger partial charge is 0.333 e. The Morgan fingerprint density at radius 1 is 1.10 bits per heavy atom. The van der Waals surface area contributed by atoms with E-state index < -0.39 is 17.7 Å². The highest BCUT2D eigenvalue weighted by molar-refractivity contribution is 5.81. The standard InChI is InChI=1S/C18H29N5O6/c1-20-9-11-22(12-10-20)13-14(24)19-7-8-21(2)15(25)5-6-18(28)29-23-16(26)3-4-17(23)27/h3-4,26-27H,5-13H2,1-2H3,(H,19,24)/i1+1,9+1,11+1,13+1,15+1,18+1,20+1,22+1. The molecule has 2 rings (SSSR count). The van der Waals surface area contributed by atoms with Crippen LogP contribution in [0.15, 0.2) is 12.1 Å². The fourth-order valence-corrected chi connectivity index (χ4v) is 2.80. The predicted octanol–water partition coefficient (Wildman–Crippen LogP) is -1.54. The SMILES string of the molecule is CN(CCNC(=O)[13CH2][15N]1CC[15N]([13CH3])[13CH2][13CH2]1)[13C](=O)CC[13C](=O)On1c(O)ccc1O. The highest BCUT2D eigenvalue weighted by atomic mass is 16.8. The first-order chi connectivity index (χ1) is 13.8. The lowest BCUT2D eigenvalue weighted by Gasteiger charge is -2.31. The highest BCUT2D eigenvalue weighted by Gasteiger charge is 2.18. The summed E-state index contributed by atoms with van der Waals surface area (Å²) in [5.41, 5.74) is 0. The van der Waals surface area contributed by atoms with Crippen molar-refractivity contribution in [2.45, 2.75) is 12.8 Å². The number of likely N-dealkylation sites (N-methyl/N-ethyl adjacent to an activating group) is 2. The lowest BCUT2D eigenvalue weighted by Crippen LogP contribution is -2.48. The molecule has 0 unspecified atom stereocenters. The number of carbonyl (C=O) groups excluding carboxylic acids is 3. The minimum Gasteiger partial charge on any atom is -0.492 e. The van der Waals surface area contributed by atoms with Crippen LogP contribution in [0.1, 0.15) is 12.8 Å². The molecule has 0 aromatic carbocycles. The lowest BCUT2D eigenvalue weighted by molar-refractivity contribution is -0.147. The van der Waals surface area contributed by atoms with Gasteiger partial charge in [-0.25, -0.2) is 4.79 Å². The number of carbonyl (C=O) groups is 3. The van der Waals surface area contributed by atoms with Gasteiger partial charge in [-0.15, -0.1) is 4.73 Å². The normalized spacial score (nSPS) is 15.1. The Morgan fingerprint density at radius 3 is 2.34 bits per heavy atom. The maximum Gasteiger partial charge on any atom is 0.333 e. The minimum absolute atomic E-state index is 0.0784. The van der Waals surface area contributed by atoms with Crippen molar-refractivity contribution in [2.24, 2.45) is 0 Å². The zero-order chi connectivity index (χ0) is 21.4. The Kier molecular flexibility index (Phi) is 8.28. The summed E-state index contributed by atoms with van der Waals surface area (Å²) in [6, 6.07) is 2.33. The molecule has 0 aliphatic carbocycles. The van der Waals surface area contributed by atoms with Crippen molar-refractivity contribution in [3.8, 4) is 11.8 Å². The molecule has 11 nitrogen and oxygen atoms in total. The van der Waals surface area contributed by atoms with Crippen molar-refractivity contribution >= 4 is 17.8 Å². The maximum absolute atomic E-state index is 12.1. The van der Waals surface area contributed by atoms with Crippen molar-refractivity contribution < 1.29 is 29.4 Å². The molecule has 29 heavy (non-hydrogen) atoms. The lowest BCUT2D eigenvalue weighted by atomic mass is 10.5. The Balaban J connectivity index is 1.60. The molecule has 3 N–H and O–H groups in total. The molecule has 1 saturated heterocycles. The largest absolute Gasteiger partial charge is 0.492 e. The van der Waals surface area contributed by atoms with Crippen LogP contribution in [-0.4, -0.2) is 107 Å². The Bertz CT molecular complexity index is 694. The van der Waals surface area contributed by atoms with Crippen LogP contribution in [-0.2, 0) is 14.4 Å². The van der Waals surface area contributed by atoms with Crippen LogP contribution in [0.4, 0.5) is 0 Å². The average Bonchev–Trinajstić information content (AvgIpc) is 2.99. The fourth-order valence-electron chi connectivity index (χ4n) is 2.80. The van der Waals surface area contributed by atoms with Crippen LogP contribution in [0.25, 0.3) is 0 Å². The van der Waals surface area contributed by atoms with Crippen molar-refractivity contribution in [3.63, 3.8) is 0 Å². The summed E-state index contributed by atoms with van der Waals surface area (Å²) >= 11 is 0. The Hall–Kier alpha value is -2.79. The maximum atomic E-state index is 12.1. The summed E-state index contributed by atoms with van der Waals surface area (Å²) in [4.78, 5) is 46.4. The van der Waals surface area contributed by atoms with Gasteiger partial charge in [0, 0.05) is 64.9 Å². The number of hydrogen-bond donors (Lipinski definition) is 3. The zero-order valence-electron chi connectivity index (χ0n) is 16.8. The molecule has 11 heteroatoms. The van der Waals surface area contributed by atoms with E-state index in [-0.39, 0.29) is 24.7 Å². The van der Waals surface area contributed by atoms with E-state index in [4.69, 9.17) is 4.84 Å². The molecule has 1 aliphatic heterocycles. The van der Waals surface area contributed by atoms with Gasteiger partial charge < -0.3 is 30.2 Å². The number of rotatable bonds is 9. The molecular weight excluding hydrogens is 390 g/mol. The fraction of sp³-hybridized carbons (Fsp3) is 0.611. The van der Waals surface area contributed by atoms with Crippen LogP contribution < -0.4 is 10.2 Å². The highest BCUT2D eigenvalue weighted by Crippen LogP contribution is 2.18. The van der Waals surface area contributed by atoms with Gasteiger partial charge in [-0.2, -0.15) is 0 Å². The van der Waals surface area contributed by atoms with Gasteiger partial charge in [0.1, 0.15) is 0 Å². The van der Waals surface area contributed by atoms with Gasteiger partial charge in [0.15, 0.2) is 0 Å². The van der Waals surface area contributed by atoms with Gasteiger partial charge in [-0.05, 0) is 7.05 Å². The van der Waals surface area contributed by atoms with Crippen LogP contribution in [0, 0.1) is 0 Å². The molecule has 1 fully saturated rings. The molecule has 1 aromatic heterocycles. The second-order valence-corrected chi connectivity index (χ2v) is 7.05. The zero-order valence-corrected chi connectivity index (χ0v) is 16.8. The van der Waals surface area contributed by atoms with Gasteiger partial charge in [0.2, 0.25) is 23.6 Å². The molecule has 0 radical (unpaired) electrons. The Morgan fingerprint density at radius 2 is 1.72 bits per heavy atom. The summed E-state index contributed by atoms with van der Waals surface area (Å²) in [7, 11) is 3.64. The second-order valence-electron chi connectivity index (χ2n) is 7.05. The quantitative estimate of drug-likeness (QED) is 0.325. The number of amides is 2. The summed E-state index contributed by atoms with van der Waals surface area (Å²) < 4.78 is 0.576. The number of piperazine rings is 1. The summed E-state index contributed by atoms with van der Waals surface area (Å²) in [6.45, 7) is 4.59. The third-order valence-electron chi connectivity index (χ3n) is 4.69. The minimum atomic E-state index is -0.769. The van der Waals surface area contributed by atoms with Crippen LogP contribution >= 0.6 is 0 Å². The third kappa shape index (κ3) is 7.27. The van der Waals surface area contributed by atoms with Gasteiger partial charge in [0.25, 0.3) is 0 Å². The Labute approximate surface area is 169 Å². The number of nitrogens with zero attached hydrogens (tertiary/aromatic N) is 4. The van der Waals surface area contributed by atoms with E-state index in [1.807, 2.05) is 0 Å². The van der Waals surface area contributed by atoms with Crippen LogP contribution in [0.2, 0.25) is 0 Å². The molecule has 0 bridgehead atoms. The van der Waals surface area contributed by atoms with E-state index in [2.05, 4.69) is 22.2 Å². The van der Waals surface area contributed by atoms with E-state index in [9.17, 15) is 24.6 Å². The first kappa shape index (κ1) is 22.5. The summed E-state index contributed by atoms with van der Waals surface area (Å²) in [5, 5.41) is 21.6. The molecule has 1 aromatic rings. The van der Waals surface area contributed by atoms with E-state index in [0.717, 1.165) is 26.2 Å². The van der Waals surface area contributed by atoms with Crippen molar-refractivity contribution in [1.29, 1.82) is 0 Å². The molecule has 0 atom stereocenters. The number of hydrogen-bond acceptors (Lipinski definition) is 8. The molecule has 2 amide bonds. The van der Waals surface area contributed by atoms with E-state index in [0.29, 0.717) is 24.4 Å². The van der Waals surface area contributed by atoms with Crippen molar-refractivity contribution in [1.82, 2.24) is 24.7 Å². The first-order valence-electron chi connectivity index (χ1n) is 9.48.